The topological polar surface area (TPSA) is 69.7 Å². The zero-order chi connectivity index (χ0) is 20.3. The predicted octanol–water partition coefficient (Wildman–Crippen LogP) is 3.08. The van der Waals surface area contributed by atoms with Crippen molar-refractivity contribution in [1.29, 1.82) is 0 Å². The highest BCUT2D eigenvalue weighted by atomic mass is 35.5. The number of nitrogens with zero attached hydrogens (tertiary/aromatic N) is 2. The minimum absolute atomic E-state index is 0.0798. The van der Waals surface area contributed by atoms with Gasteiger partial charge in [-0.2, -0.15) is 4.31 Å². The zero-order valence-corrected chi connectivity index (χ0v) is 17.1. The number of carbonyl (C=O) groups excluding carboxylic acids is 1. The molecule has 28 heavy (non-hydrogen) atoms. The van der Waals surface area contributed by atoms with E-state index in [-0.39, 0.29) is 30.4 Å². The number of nitrogens with one attached hydrogen (secondary N) is 1. The van der Waals surface area contributed by atoms with Crippen LogP contribution in [0.2, 0.25) is 10.0 Å². The summed E-state index contributed by atoms with van der Waals surface area (Å²) in [4.78, 5) is 13.7. The number of hydrogen-bond acceptors (Lipinski definition) is 4. The number of anilines is 1. The molecular weight excluding hydrogens is 428 g/mol. The van der Waals surface area contributed by atoms with Crippen molar-refractivity contribution in [3.63, 3.8) is 0 Å². The molecule has 1 aliphatic heterocycles. The molecule has 1 amide bonds. The van der Waals surface area contributed by atoms with E-state index in [0.29, 0.717) is 28.8 Å². The largest absolute Gasteiger partial charge is 0.324 e. The molecule has 1 N–H and O–H groups in total. The summed E-state index contributed by atoms with van der Waals surface area (Å²) in [6.45, 7) is 1.12. The van der Waals surface area contributed by atoms with Gasteiger partial charge in [-0.1, -0.05) is 35.3 Å². The summed E-state index contributed by atoms with van der Waals surface area (Å²) in [5.41, 5.74) is 0.417. The maximum atomic E-state index is 13.9. The monoisotopic (exact) mass is 445 g/mol. The molecule has 0 aliphatic carbocycles. The van der Waals surface area contributed by atoms with Gasteiger partial charge in [-0.3, -0.25) is 9.69 Å². The average Bonchev–Trinajstić information content (AvgIpc) is 2.65. The second-order valence-electron chi connectivity index (χ2n) is 6.28. The highest BCUT2D eigenvalue weighted by molar-refractivity contribution is 7.89. The van der Waals surface area contributed by atoms with Crippen LogP contribution in [-0.4, -0.2) is 56.3 Å². The number of amides is 1. The number of halogens is 3. The average molecular weight is 446 g/mol. The lowest BCUT2D eigenvalue weighted by Gasteiger charge is -2.33. The van der Waals surface area contributed by atoms with Crippen molar-refractivity contribution in [3.8, 4) is 0 Å². The van der Waals surface area contributed by atoms with Gasteiger partial charge in [-0.25, -0.2) is 12.8 Å². The standard InChI is InChI=1S/C18H18Cl2FN3O3S/c19-13-5-6-14(20)16(11-13)22-18(25)12-23-7-9-24(10-8-23)28(26,27)17-4-2-1-3-15(17)21/h1-6,11H,7-10,12H2,(H,22,25). The second-order valence-corrected chi connectivity index (χ2v) is 9.03. The number of benzene rings is 2. The first kappa shape index (κ1) is 21.0. The minimum atomic E-state index is -3.90. The summed E-state index contributed by atoms with van der Waals surface area (Å²) in [7, 11) is -3.90. The lowest BCUT2D eigenvalue weighted by molar-refractivity contribution is -0.117. The van der Waals surface area contributed by atoms with Crippen LogP contribution in [0.25, 0.3) is 0 Å². The quantitative estimate of drug-likeness (QED) is 0.767. The van der Waals surface area contributed by atoms with Crippen molar-refractivity contribution in [1.82, 2.24) is 9.21 Å². The van der Waals surface area contributed by atoms with Gasteiger partial charge in [0, 0.05) is 31.2 Å². The number of rotatable bonds is 5. The molecule has 6 nitrogen and oxygen atoms in total. The van der Waals surface area contributed by atoms with Gasteiger partial charge in [0.15, 0.2) is 0 Å². The second kappa shape index (κ2) is 8.75. The van der Waals surface area contributed by atoms with Crippen LogP contribution < -0.4 is 5.32 Å². The molecule has 2 aromatic carbocycles. The van der Waals surface area contributed by atoms with Gasteiger partial charge < -0.3 is 5.32 Å². The lowest BCUT2D eigenvalue weighted by Crippen LogP contribution is -2.50. The van der Waals surface area contributed by atoms with Crippen molar-refractivity contribution in [2.45, 2.75) is 4.90 Å². The van der Waals surface area contributed by atoms with Crippen LogP contribution in [-0.2, 0) is 14.8 Å². The van der Waals surface area contributed by atoms with Crippen molar-refractivity contribution < 1.29 is 17.6 Å². The van der Waals surface area contributed by atoms with Crippen LogP contribution in [0.3, 0.4) is 0 Å². The molecular formula is C18H18Cl2FN3O3S. The van der Waals surface area contributed by atoms with Crippen molar-refractivity contribution in [2.24, 2.45) is 0 Å². The molecule has 10 heteroatoms. The van der Waals surface area contributed by atoms with E-state index in [0.717, 1.165) is 6.07 Å². The first-order chi connectivity index (χ1) is 13.3. The fourth-order valence-electron chi connectivity index (χ4n) is 2.91. The molecule has 1 heterocycles. The molecule has 1 aliphatic rings. The third kappa shape index (κ3) is 4.82. The molecule has 1 fully saturated rings. The van der Waals surface area contributed by atoms with Gasteiger partial charge in [0.2, 0.25) is 15.9 Å². The Morgan fingerprint density at radius 1 is 1.07 bits per heavy atom. The van der Waals surface area contributed by atoms with Crippen LogP contribution in [0.4, 0.5) is 10.1 Å². The third-order valence-electron chi connectivity index (χ3n) is 4.36. The highest BCUT2D eigenvalue weighted by Crippen LogP contribution is 2.25. The maximum absolute atomic E-state index is 13.9. The SMILES string of the molecule is O=C(CN1CCN(S(=O)(=O)c2ccccc2F)CC1)Nc1cc(Cl)ccc1Cl. The lowest BCUT2D eigenvalue weighted by atomic mass is 10.3. The molecule has 0 bridgehead atoms. The van der Waals surface area contributed by atoms with E-state index >= 15 is 0 Å². The van der Waals surface area contributed by atoms with Crippen LogP contribution >= 0.6 is 23.2 Å². The Morgan fingerprint density at radius 2 is 1.75 bits per heavy atom. The van der Waals surface area contributed by atoms with Gasteiger partial charge in [0.1, 0.15) is 10.7 Å². The number of sulfonamides is 1. The Morgan fingerprint density at radius 3 is 2.43 bits per heavy atom. The van der Waals surface area contributed by atoms with Gasteiger partial charge >= 0.3 is 0 Å². The minimum Gasteiger partial charge on any atom is -0.324 e. The van der Waals surface area contributed by atoms with Crippen LogP contribution in [0.15, 0.2) is 47.4 Å². The van der Waals surface area contributed by atoms with E-state index in [4.69, 9.17) is 23.2 Å². The summed E-state index contributed by atoms with van der Waals surface area (Å²) < 4.78 is 40.3. The summed E-state index contributed by atoms with van der Waals surface area (Å²) in [6, 6.07) is 10.1. The Bertz CT molecular complexity index is 980. The molecule has 150 valence electrons. The molecule has 2 aromatic rings. The zero-order valence-electron chi connectivity index (χ0n) is 14.7. The Kier molecular flexibility index (Phi) is 6.57. The van der Waals surface area contributed by atoms with Gasteiger partial charge in [0.05, 0.1) is 17.3 Å². The molecule has 0 atom stereocenters. The van der Waals surface area contributed by atoms with Crippen molar-refractivity contribution >= 4 is 44.8 Å². The number of hydrogen-bond donors (Lipinski definition) is 1. The molecule has 0 radical (unpaired) electrons. The summed E-state index contributed by atoms with van der Waals surface area (Å²) in [5, 5.41) is 3.52. The summed E-state index contributed by atoms with van der Waals surface area (Å²) in [5.74, 6) is -1.06. The molecule has 1 saturated heterocycles. The number of carbonyl (C=O) groups is 1. The van der Waals surface area contributed by atoms with E-state index in [9.17, 15) is 17.6 Å². The Labute approximate surface area is 172 Å². The normalized spacial score (nSPS) is 16.1. The first-order valence-corrected chi connectivity index (χ1v) is 10.7. The Balaban J connectivity index is 1.57. The van der Waals surface area contributed by atoms with E-state index in [1.165, 1.54) is 22.5 Å². The van der Waals surface area contributed by atoms with Crippen LogP contribution in [0, 0.1) is 5.82 Å². The van der Waals surface area contributed by atoms with Crippen LogP contribution in [0.1, 0.15) is 0 Å². The molecule has 0 aromatic heterocycles. The van der Waals surface area contributed by atoms with Crippen molar-refractivity contribution in [2.75, 3.05) is 38.0 Å². The van der Waals surface area contributed by atoms with E-state index in [1.54, 1.807) is 18.2 Å². The fourth-order valence-corrected chi connectivity index (χ4v) is 4.73. The van der Waals surface area contributed by atoms with Crippen molar-refractivity contribution in [3.05, 3.63) is 58.3 Å². The molecule has 0 spiro atoms. The third-order valence-corrected chi connectivity index (χ3v) is 6.85. The van der Waals surface area contributed by atoms with Gasteiger partial charge in [0.25, 0.3) is 0 Å². The van der Waals surface area contributed by atoms with E-state index in [2.05, 4.69) is 5.32 Å². The summed E-state index contributed by atoms with van der Waals surface area (Å²) in [6.07, 6.45) is 0. The van der Waals surface area contributed by atoms with Gasteiger partial charge in [-0.15, -0.1) is 0 Å². The van der Waals surface area contributed by atoms with E-state index < -0.39 is 15.8 Å². The maximum Gasteiger partial charge on any atom is 0.246 e. The summed E-state index contributed by atoms with van der Waals surface area (Å²) >= 11 is 11.9. The molecule has 3 rings (SSSR count). The smallest absolute Gasteiger partial charge is 0.246 e. The first-order valence-electron chi connectivity index (χ1n) is 8.49. The Hall–Kier alpha value is -1.71. The van der Waals surface area contributed by atoms with E-state index in [1.807, 2.05) is 4.90 Å². The fraction of sp³-hybridized carbons (Fsp3) is 0.278. The molecule has 0 unspecified atom stereocenters. The highest BCUT2D eigenvalue weighted by Gasteiger charge is 2.30. The predicted molar refractivity (Wildman–Crippen MR) is 107 cm³/mol. The van der Waals surface area contributed by atoms with Crippen LogP contribution in [0.5, 0.6) is 0 Å². The molecule has 0 saturated carbocycles. The number of piperazine rings is 1. The van der Waals surface area contributed by atoms with Gasteiger partial charge in [-0.05, 0) is 30.3 Å².